The minimum Gasteiger partial charge on any atom is -0.367 e. The summed E-state index contributed by atoms with van der Waals surface area (Å²) in [6, 6.07) is 12.8. The summed E-state index contributed by atoms with van der Waals surface area (Å²) in [7, 11) is 0. The number of fused-ring (bicyclic) bond motifs is 1. The first-order valence-electron chi connectivity index (χ1n) is 8.58. The molecule has 1 saturated heterocycles. The number of non-ortho nitro benzene ring substituents is 1. The molecular formula is C19H19N5O2. The average Bonchev–Trinajstić information content (AvgIpc) is 2.67. The fraction of sp³-hybridized carbons (Fsp3) is 0.263. The number of benzene rings is 1. The van der Waals surface area contributed by atoms with Crippen LogP contribution < -0.4 is 9.80 Å². The van der Waals surface area contributed by atoms with Crippen LogP contribution in [0.5, 0.6) is 0 Å². The Morgan fingerprint density at radius 2 is 1.81 bits per heavy atom. The normalized spacial score (nSPS) is 14.7. The lowest BCUT2D eigenvalue weighted by atomic mass is 10.1. The largest absolute Gasteiger partial charge is 0.367 e. The first kappa shape index (κ1) is 16.3. The molecule has 0 aliphatic carbocycles. The summed E-state index contributed by atoms with van der Waals surface area (Å²) >= 11 is 0. The molecule has 1 aliphatic rings. The second kappa shape index (κ2) is 6.59. The third-order valence-corrected chi connectivity index (χ3v) is 4.70. The van der Waals surface area contributed by atoms with Crippen molar-refractivity contribution in [3.05, 3.63) is 64.5 Å². The van der Waals surface area contributed by atoms with Crippen LogP contribution in [-0.2, 0) is 0 Å². The Bertz CT molecular complexity index is 953. The lowest BCUT2D eigenvalue weighted by Gasteiger charge is -2.37. The standard InChI is InChI=1S/C19H19N5O2/c1-14-12-18(16-13-15(24(25)26)5-6-17(16)21-14)22-8-10-23(11-9-22)19-4-2-3-7-20-19/h2-7,12-13H,8-11H2,1H3. The Labute approximate surface area is 151 Å². The Balaban J connectivity index is 1.64. The van der Waals surface area contributed by atoms with Gasteiger partial charge in [0, 0.05) is 61.3 Å². The van der Waals surface area contributed by atoms with E-state index in [4.69, 9.17) is 0 Å². The van der Waals surface area contributed by atoms with Crippen LogP contribution in [-0.4, -0.2) is 41.1 Å². The minimum atomic E-state index is -0.359. The van der Waals surface area contributed by atoms with Gasteiger partial charge in [0.15, 0.2) is 0 Å². The van der Waals surface area contributed by atoms with Crippen LogP contribution in [0.2, 0.25) is 0 Å². The van der Waals surface area contributed by atoms with Gasteiger partial charge in [-0.15, -0.1) is 0 Å². The van der Waals surface area contributed by atoms with E-state index in [9.17, 15) is 10.1 Å². The molecule has 26 heavy (non-hydrogen) atoms. The number of nitro groups is 1. The Kier molecular flexibility index (Phi) is 4.12. The van der Waals surface area contributed by atoms with Gasteiger partial charge in [-0.25, -0.2) is 4.98 Å². The fourth-order valence-corrected chi connectivity index (χ4v) is 3.42. The number of hydrogen-bond donors (Lipinski definition) is 0. The number of nitro benzene ring substituents is 1. The van der Waals surface area contributed by atoms with Gasteiger partial charge < -0.3 is 9.80 Å². The molecule has 7 nitrogen and oxygen atoms in total. The monoisotopic (exact) mass is 349 g/mol. The van der Waals surface area contributed by atoms with Crippen LogP contribution in [0.15, 0.2) is 48.7 Å². The molecule has 7 heteroatoms. The minimum absolute atomic E-state index is 0.0940. The van der Waals surface area contributed by atoms with Gasteiger partial charge in [-0.05, 0) is 31.2 Å². The van der Waals surface area contributed by atoms with Crippen LogP contribution in [0.3, 0.4) is 0 Å². The van der Waals surface area contributed by atoms with Crippen molar-refractivity contribution in [3.63, 3.8) is 0 Å². The maximum absolute atomic E-state index is 11.2. The summed E-state index contributed by atoms with van der Waals surface area (Å²) in [5, 5.41) is 12.0. The second-order valence-corrected chi connectivity index (χ2v) is 6.40. The predicted molar refractivity (Wildman–Crippen MR) is 102 cm³/mol. The zero-order valence-corrected chi connectivity index (χ0v) is 14.5. The summed E-state index contributed by atoms with van der Waals surface area (Å²) in [6.07, 6.45) is 1.81. The predicted octanol–water partition coefficient (Wildman–Crippen LogP) is 3.17. The number of rotatable bonds is 3. The molecule has 0 atom stereocenters. The van der Waals surface area contributed by atoms with Gasteiger partial charge in [0.25, 0.3) is 5.69 Å². The highest BCUT2D eigenvalue weighted by Gasteiger charge is 2.21. The average molecular weight is 349 g/mol. The van der Waals surface area contributed by atoms with Crippen LogP contribution >= 0.6 is 0 Å². The maximum atomic E-state index is 11.2. The third kappa shape index (κ3) is 3.03. The highest BCUT2D eigenvalue weighted by atomic mass is 16.6. The third-order valence-electron chi connectivity index (χ3n) is 4.70. The molecule has 132 valence electrons. The molecule has 1 aliphatic heterocycles. The first-order chi connectivity index (χ1) is 12.6. The van der Waals surface area contributed by atoms with Gasteiger partial charge in [-0.1, -0.05) is 6.07 Å². The second-order valence-electron chi connectivity index (χ2n) is 6.40. The van der Waals surface area contributed by atoms with Gasteiger partial charge in [-0.2, -0.15) is 0 Å². The lowest BCUT2D eigenvalue weighted by molar-refractivity contribution is -0.384. The molecule has 0 amide bonds. The van der Waals surface area contributed by atoms with Crippen molar-refractivity contribution in [2.45, 2.75) is 6.92 Å². The van der Waals surface area contributed by atoms with E-state index >= 15 is 0 Å². The molecule has 0 spiro atoms. The van der Waals surface area contributed by atoms with E-state index in [-0.39, 0.29) is 10.6 Å². The van der Waals surface area contributed by atoms with Crippen LogP contribution in [0.4, 0.5) is 17.2 Å². The zero-order valence-electron chi connectivity index (χ0n) is 14.5. The molecule has 3 aromatic rings. The molecule has 2 aromatic heterocycles. The number of anilines is 2. The molecule has 3 heterocycles. The van der Waals surface area contributed by atoms with Gasteiger partial charge >= 0.3 is 0 Å². The smallest absolute Gasteiger partial charge is 0.270 e. The van der Waals surface area contributed by atoms with E-state index in [0.717, 1.165) is 54.3 Å². The van der Waals surface area contributed by atoms with E-state index < -0.39 is 0 Å². The Morgan fingerprint density at radius 1 is 1.04 bits per heavy atom. The fourth-order valence-electron chi connectivity index (χ4n) is 3.42. The van der Waals surface area contributed by atoms with Crippen molar-refractivity contribution in [3.8, 4) is 0 Å². The van der Waals surface area contributed by atoms with E-state index in [1.165, 1.54) is 6.07 Å². The Hall–Kier alpha value is -3.22. The first-order valence-corrected chi connectivity index (χ1v) is 8.58. The van der Waals surface area contributed by atoms with Crippen molar-refractivity contribution in [2.75, 3.05) is 36.0 Å². The van der Waals surface area contributed by atoms with Crippen molar-refractivity contribution in [2.24, 2.45) is 0 Å². The Morgan fingerprint density at radius 3 is 2.50 bits per heavy atom. The van der Waals surface area contributed by atoms with Crippen LogP contribution in [0, 0.1) is 17.0 Å². The molecule has 0 saturated carbocycles. The molecule has 0 radical (unpaired) electrons. The molecule has 4 rings (SSSR count). The zero-order chi connectivity index (χ0) is 18.1. The number of hydrogen-bond acceptors (Lipinski definition) is 6. The lowest BCUT2D eigenvalue weighted by Crippen LogP contribution is -2.46. The topological polar surface area (TPSA) is 75.4 Å². The van der Waals surface area contributed by atoms with E-state index in [1.807, 2.05) is 31.2 Å². The van der Waals surface area contributed by atoms with Gasteiger partial charge in [-0.3, -0.25) is 15.1 Å². The van der Waals surface area contributed by atoms with Gasteiger partial charge in [0.05, 0.1) is 10.4 Å². The number of aryl methyl sites for hydroxylation is 1. The van der Waals surface area contributed by atoms with Crippen molar-refractivity contribution in [1.82, 2.24) is 9.97 Å². The van der Waals surface area contributed by atoms with Crippen molar-refractivity contribution >= 4 is 28.1 Å². The van der Waals surface area contributed by atoms with E-state index in [0.29, 0.717) is 0 Å². The highest BCUT2D eigenvalue weighted by Crippen LogP contribution is 2.31. The number of aromatic nitrogens is 2. The van der Waals surface area contributed by atoms with Crippen LogP contribution in [0.25, 0.3) is 10.9 Å². The SMILES string of the molecule is Cc1cc(N2CCN(c3ccccn3)CC2)c2cc([N+](=O)[O-])ccc2n1. The molecule has 0 bridgehead atoms. The summed E-state index contributed by atoms with van der Waals surface area (Å²) in [5.74, 6) is 0.985. The van der Waals surface area contributed by atoms with Crippen molar-refractivity contribution < 1.29 is 4.92 Å². The number of nitrogens with zero attached hydrogens (tertiary/aromatic N) is 5. The van der Waals surface area contributed by atoms with Gasteiger partial charge in [0.2, 0.25) is 0 Å². The summed E-state index contributed by atoms with van der Waals surface area (Å²) in [4.78, 5) is 24.3. The number of pyridine rings is 2. The summed E-state index contributed by atoms with van der Waals surface area (Å²) in [6.45, 7) is 5.33. The molecule has 1 fully saturated rings. The van der Waals surface area contributed by atoms with Crippen molar-refractivity contribution in [1.29, 1.82) is 0 Å². The summed E-state index contributed by atoms with van der Waals surface area (Å²) in [5.41, 5.74) is 2.81. The summed E-state index contributed by atoms with van der Waals surface area (Å²) < 4.78 is 0. The highest BCUT2D eigenvalue weighted by molar-refractivity contribution is 5.93. The maximum Gasteiger partial charge on any atom is 0.270 e. The quantitative estimate of drug-likeness (QED) is 0.534. The molecule has 1 aromatic carbocycles. The molecule has 0 unspecified atom stereocenters. The van der Waals surface area contributed by atoms with Crippen LogP contribution in [0.1, 0.15) is 5.69 Å². The number of piperazine rings is 1. The molecular weight excluding hydrogens is 330 g/mol. The molecule has 0 N–H and O–H groups in total. The van der Waals surface area contributed by atoms with E-state index in [2.05, 4.69) is 19.8 Å². The van der Waals surface area contributed by atoms with Gasteiger partial charge in [0.1, 0.15) is 5.82 Å². The van der Waals surface area contributed by atoms with E-state index in [1.54, 1.807) is 18.3 Å².